The van der Waals surface area contributed by atoms with Crippen molar-refractivity contribution in [1.82, 2.24) is 0 Å². The molecular formula is C12H16ClNO2. The SMILES string of the molecule is CC1CCC(COc2cc(Cl)ccc2N)O1. The summed E-state index contributed by atoms with van der Waals surface area (Å²) in [6.45, 7) is 2.61. The number of ether oxygens (including phenoxy) is 2. The number of hydrogen-bond acceptors (Lipinski definition) is 3. The molecule has 1 saturated heterocycles. The summed E-state index contributed by atoms with van der Waals surface area (Å²) in [6, 6.07) is 5.23. The number of benzene rings is 1. The molecule has 0 bridgehead atoms. The van der Waals surface area contributed by atoms with Crippen LogP contribution in [0.15, 0.2) is 18.2 Å². The molecule has 2 rings (SSSR count). The predicted octanol–water partition coefficient (Wildman–Crippen LogP) is 2.87. The van der Waals surface area contributed by atoms with Crippen LogP contribution in [0.5, 0.6) is 5.75 Å². The van der Waals surface area contributed by atoms with Gasteiger partial charge in [-0.05, 0) is 31.9 Å². The second-order valence-corrected chi connectivity index (χ2v) is 4.58. The number of anilines is 1. The maximum absolute atomic E-state index is 5.87. The molecule has 4 heteroatoms. The molecule has 0 radical (unpaired) electrons. The van der Waals surface area contributed by atoms with E-state index < -0.39 is 0 Å². The van der Waals surface area contributed by atoms with Crippen molar-refractivity contribution in [2.75, 3.05) is 12.3 Å². The van der Waals surface area contributed by atoms with Gasteiger partial charge in [-0.2, -0.15) is 0 Å². The Morgan fingerprint density at radius 3 is 3.00 bits per heavy atom. The Bertz CT molecular complexity index is 370. The van der Waals surface area contributed by atoms with E-state index in [1.807, 2.05) is 0 Å². The average Bonchev–Trinajstić information content (AvgIpc) is 2.66. The molecule has 1 aromatic rings. The highest BCUT2D eigenvalue weighted by Gasteiger charge is 2.22. The Labute approximate surface area is 100 Å². The van der Waals surface area contributed by atoms with Crippen molar-refractivity contribution in [2.24, 2.45) is 0 Å². The molecule has 1 fully saturated rings. The summed E-state index contributed by atoms with van der Waals surface area (Å²) in [5.74, 6) is 0.635. The molecule has 16 heavy (non-hydrogen) atoms. The van der Waals surface area contributed by atoms with Crippen LogP contribution >= 0.6 is 11.6 Å². The van der Waals surface area contributed by atoms with Crippen molar-refractivity contribution in [2.45, 2.75) is 32.0 Å². The van der Waals surface area contributed by atoms with Gasteiger partial charge in [0.05, 0.1) is 17.9 Å². The van der Waals surface area contributed by atoms with E-state index in [2.05, 4.69) is 6.92 Å². The second kappa shape index (κ2) is 4.93. The summed E-state index contributed by atoms with van der Waals surface area (Å²) in [4.78, 5) is 0. The maximum atomic E-state index is 5.87. The van der Waals surface area contributed by atoms with Gasteiger partial charge < -0.3 is 15.2 Å². The van der Waals surface area contributed by atoms with Gasteiger partial charge in [-0.3, -0.25) is 0 Å². The number of nitrogen functional groups attached to an aromatic ring is 1. The minimum Gasteiger partial charge on any atom is -0.489 e. The molecule has 0 amide bonds. The second-order valence-electron chi connectivity index (χ2n) is 4.14. The highest BCUT2D eigenvalue weighted by Crippen LogP contribution is 2.27. The standard InChI is InChI=1S/C12H16ClNO2/c1-8-2-4-10(16-8)7-15-12-6-9(13)3-5-11(12)14/h3,5-6,8,10H,2,4,7,14H2,1H3. The minimum atomic E-state index is 0.174. The lowest BCUT2D eigenvalue weighted by molar-refractivity contribution is 0.0266. The van der Waals surface area contributed by atoms with Crippen LogP contribution in [0.3, 0.4) is 0 Å². The van der Waals surface area contributed by atoms with E-state index in [-0.39, 0.29) is 6.10 Å². The van der Waals surface area contributed by atoms with Gasteiger partial charge in [0.2, 0.25) is 0 Å². The van der Waals surface area contributed by atoms with E-state index in [9.17, 15) is 0 Å². The number of nitrogens with two attached hydrogens (primary N) is 1. The smallest absolute Gasteiger partial charge is 0.143 e. The minimum absolute atomic E-state index is 0.174. The Hall–Kier alpha value is -0.930. The normalized spacial score (nSPS) is 24.6. The first kappa shape index (κ1) is 11.6. The van der Waals surface area contributed by atoms with Crippen molar-refractivity contribution in [3.8, 4) is 5.75 Å². The van der Waals surface area contributed by atoms with Crippen molar-refractivity contribution >= 4 is 17.3 Å². The van der Waals surface area contributed by atoms with Gasteiger partial charge in [-0.1, -0.05) is 11.6 Å². The summed E-state index contributed by atoms with van der Waals surface area (Å²) in [5, 5.41) is 0.630. The van der Waals surface area contributed by atoms with Crippen LogP contribution in [0.2, 0.25) is 5.02 Å². The number of rotatable bonds is 3. The highest BCUT2D eigenvalue weighted by molar-refractivity contribution is 6.30. The van der Waals surface area contributed by atoms with Crippen LogP contribution in [-0.2, 0) is 4.74 Å². The molecule has 1 aromatic carbocycles. The molecule has 0 aromatic heterocycles. The Morgan fingerprint density at radius 2 is 2.31 bits per heavy atom. The zero-order chi connectivity index (χ0) is 11.5. The summed E-state index contributed by atoms with van der Waals surface area (Å²) >= 11 is 5.87. The molecule has 88 valence electrons. The lowest BCUT2D eigenvalue weighted by Gasteiger charge is -2.14. The molecule has 3 nitrogen and oxygen atoms in total. The first-order valence-corrected chi connectivity index (χ1v) is 5.86. The summed E-state index contributed by atoms with van der Waals surface area (Å²) < 4.78 is 11.3. The van der Waals surface area contributed by atoms with E-state index in [1.165, 1.54) is 0 Å². The Kier molecular flexibility index (Phi) is 3.56. The van der Waals surface area contributed by atoms with Crippen LogP contribution in [0.4, 0.5) is 5.69 Å². The monoisotopic (exact) mass is 241 g/mol. The maximum Gasteiger partial charge on any atom is 0.143 e. The lowest BCUT2D eigenvalue weighted by Crippen LogP contribution is -2.18. The van der Waals surface area contributed by atoms with Gasteiger partial charge in [0.15, 0.2) is 0 Å². The van der Waals surface area contributed by atoms with Gasteiger partial charge in [0.25, 0.3) is 0 Å². The Morgan fingerprint density at radius 1 is 1.50 bits per heavy atom. The van der Waals surface area contributed by atoms with E-state index in [0.717, 1.165) is 12.8 Å². The van der Waals surface area contributed by atoms with Crippen LogP contribution in [0.1, 0.15) is 19.8 Å². The molecule has 0 aliphatic carbocycles. The molecule has 0 saturated carbocycles. The van der Waals surface area contributed by atoms with E-state index >= 15 is 0 Å². The van der Waals surface area contributed by atoms with Crippen molar-refractivity contribution < 1.29 is 9.47 Å². The summed E-state index contributed by atoms with van der Waals surface area (Å²) in [7, 11) is 0. The zero-order valence-corrected chi connectivity index (χ0v) is 10.0. The van der Waals surface area contributed by atoms with Crippen LogP contribution < -0.4 is 10.5 Å². The molecule has 1 heterocycles. The van der Waals surface area contributed by atoms with E-state index in [1.54, 1.807) is 18.2 Å². The van der Waals surface area contributed by atoms with Crippen LogP contribution in [0.25, 0.3) is 0 Å². The van der Waals surface area contributed by atoms with Crippen LogP contribution in [-0.4, -0.2) is 18.8 Å². The zero-order valence-electron chi connectivity index (χ0n) is 9.28. The molecular weight excluding hydrogens is 226 g/mol. The van der Waals surface area contributed by atoms with Crippen molar-refractivity contribution in [3.63, 3.8) is 0 Å². The van der Waals surface area contributed by atoms with E-state index in [0.29, 0.717) is 29.2 Å². The number of halogens is 1. The van der Waals surface area contributed by atoms with Gasteiger partial charge in [-0.15, -0.1) is 0 Å². The average molecular weight is 242 g/mol. The van der Waals surface area contributed by atoms with Crippen molar-refractivity contribution in [3.05, 3.63) is 23.2 Å². The molecule has 0 spiro atoms. The largest absolute Gasteiger partial charge is 0.489 e. The van der Waals surface area contributed by atoms with Crippen LogP contribution in [0, 0.1) is 0 Å². The summed E-state index contributed by atoms with van der Waals surface area (Å²) in [5.41, 5.74) is 6.38. The number of hydrogen-bond donors (Lipinski definition) is 1. The molecule has 1 aliphatic heterocycles. The fourth-order valence-electron chi connectivity index (χ4n) is 1.82. The predicted molar refractivity (Wildman–Crippen MR) is 64.9 cm³/mol. The molecule has 2 N–H and O–H groups in total. The van der Waals surface area contributed by atoms with Crippen molar-refractivity contribution in [1.29, 1.82) is 0 Å². The third-order valence-electron chi connectivity index (χ3n) is 2.72. The molecule has 1 aliphatic rings. The highest BCUT2D eigenvalue weighted by atomic mass is 35.5. The van der Waals surface area contributed by atoms with Gasteiger partial charge >= 0.3 is 0 Å². The fourth-order valence-corrected chi connectivity index (χ4v) is 1.99. The third-order valence-corrected chi connectivity index (χ3v) is 2.96. The molecule has 2 atom stereocenters. The summed E-state index contributed by atoms with van der Waals surface area (Å²) in [6.07, 6.45) is 2.65. The topological polar surface area (TPSA) is 44.5 Å². The quantitative estimate of drug-likeness (QED) is 0.828. The first-order chi connectivity index (χ1) is 7.65. The van der Waals surface area contributed by atoms with Gasteiger partial charge in [0, 0.05) is 11.1 Å². The third kappa shape index (κ3) is 2.80. The first-order valence-electron chi connectivity index (χ1n) is 5.48. The Balaban J connectivity index is 1.91. The van der Waals surface area contributed by atoms with Gasteiger partial charge in [-0.25, -0.2) is 0 Å². The fraction of sp³-hybridized carbons (Fsp3) is 0.500. The molecule has 2 unspecified atom stereocenters. The lowest BCUT2D eigenvalue weighted by atomic mass is 10.2. The van der Waals surface area contributed by atoms with Gasteiger partial charge in [0.1, 0.15) is 12.4 Å². The van der Waals surface area contributed by atoms with E-state index in [4.69, 9.17) is 26.8 Å².